The van der Waals surface area contributed by atoms with E-state index in [2.05, 4.69) is 37.5 Å². The van der Waals surface area contributed by atoms with Crippen LogP contribution in [0.2, 0.25) is 0 Å². The zero-order chi connectivity index (χ0) is 30.9. The van der Waals surface area contributed by atoms with Crippen molar-refractivity contribution in [1.82, 2.24) is 15.5 Å². The molecule has 14 heteroatoms. The Morgan fingerprint density at radius 2 is 1.88 bits per heavy atom. The number of aliphatic imine (C=N–C) groups is 2. The van der Waals surface area contributed by atoms with Gasteiger partial charge in [0, 0.05) is 29.7 Å². The van der Waals surface area contributed by atoms with E-state index in [1.807, 2.05) is 31.2 Å². The van der Waals surface area contributed by atoms with Gasteiger partial charge >= 0.3 is 12.2 Å². The number of ether oxygens (including phenoxy) is 3. The van der Waals surface area contributed by atoms with Crippen molar-refractivity contribution in [2.45, 2.75) is 45.9 Å². The molecule has 0 aliphatic rings. The lowest BCUT2D eigenvalue weighted by atomic mass is 9.89. The van der Waals surface area contributed by atoms with E-state index in [0.717, 1.165) is 31.2 Å². The van der Waals surface area contributed by atoms with E-state index in [0.29, 0.717) is 17.9 Å². The molecule has 2 heterocycles. The number of rotatable bonds is 11. The molecule has 0 radical (unpaired) electrons. The number of urea groups is 1. The van der Waals surface area contributed by atoms with Gasteiger partial charge in [-0.05, 0) is 58.2 Å². The largest absolute Gasteiger partial charge is 0.497 e. The van der Waals surface area contributed by atoms with Crippen LogP contribution in [0.15, 0.2) is 69.0 Å². The van der Waals surface area contributed by atoms with Crippen molar-refractivity contribution in [1.29, 1.82) is 0 Å². The van der Waals surface area contributed by atoms with Gasteiger partial charge in [-0.25, -0.2) is 19.8 Å². The summed E-state index contributed by atoms with van der Waals surface area (Å²) in [6, 6.07) is 9.30. The average molecular weight is 589 g/mol. The summed E-state index contributed by atoms with van der Waals surface area (Å²) in [6.45, 7) is 9.41. The second-order valence-corrected chi connectivity index (χ2v) is 9.30. The molecule has 1 aromatic carbocycles. The number of amidine groups is 1. The highest BCUT2D eigenvalue weighted by Gasteiger charge is 2.51. The number of hydrogen-bond acceptors (Lipinski definition) is 8. The van der Waals surface area contributed by atoms with Gasteiger partial charge < -0.3 is 24.1 Å². The van der Waals surface area contributed by atoms with Crippen molar-refractivity contribution in [2.24, 2.45) is 9.98 Å². The van der Waals surface area contributed by atoms with Gasteiger partial charge in [-0.2, -0.15) is 13.2 Å². The average Bonchev–Trinajstić information content (AvgIpc) is 3.41. The van der Waals surface area contributed by atoms with Crippen molar-refractivity contribution in [3.63, 3.8) is 0 Å². The first-order chi connectivity index (χ1) is 19.9. The fourth-order valence-electron chi connectivity index (χ4n) is 3.29. The second kappa shape index (κ2) is 13.7. The van der Waals surface area contributed by atoms with E-state index >= 15 is 0 Å². The third-order valence-electron chi connectivity index (χ3n) is 5.83. The molecule has 42 heavy (non-hydrogen) atoms. The van der Waals surface area contributed by atoms with Gasteiger partial charge in [-0.3, -0.25) is 5.32 Å². The Kier molecular flexibility index (Phi) is 10.3. The molecule has 3 rings (SSSR count). The number of aromatic nitrogens is 2. The van der Waals surface area contributed by atoms with Crippen LogP contribution in [0, 0.1) is 0 Å². The minimum Gasteiger partial charge on any atom is -0.497 e. The Balaban J connectivity index is 1.67. The number of methoxy groups -OCH3 is 1. The molecule has 0 atom stereocenters. The van der Waals surface area contributed by atoms with Crippen molar-refractivity contribution in [2.75, 3.05) is 19.0 Å². The summed E-state index contributed by atoms with van der Waals surface area (Å²) in [5, 5.41) is 8.29. The minimum atomic E-state index is -4.57. The quantitative estimate of drug-likeness (QED) is 0.207. The summed E-state index contributed by atoms with van der Waals surface area (Å²) in [5.41, 5.74) is -0.621. The maximum Gasteiger partial charge on any atom is 0.401 e. The third-order valence-corrected chi connectivity index (χ3v) is 5.83. The number of nitrogens with zero attached hydrogens (tertiary/aromatic N) is 4. The summed E-state index contributed by atoms with van der Waals surface area (Å²) >= 11 is 0. The number of benzene rings is 1. The molecule has 0 unspecified atom stereocenters. The summed E-state index contributed by atoms with van der Waals surface area (Å²) < 4.78 is 61.2. The number of carbonyl (C=O) groups excluding carboxylic acids is 1. The Hall–Kier alpha value is -4.88. The summed E-state index contributed by atoms with van der Waals surface area (Å²) in [7, 11) is 1.59. The van der Waals surface area contributed by atoms with Crippen molar-refractivity contribution < 1.29 is 36.7 Å². The van der Waals surface area contributed by atoms with E-state index in [4.69, 9.17) is 18.7 Å². The molecule has 0 saturated heterocycles. The van der Waals surface area contributed by atoms with Crippen molar-refractivity contribution in [3.8, 4) is 17.4 Å². The second-order valence-electron chi connectivity index (χ2n) is 9.30. The number of halogens is 3. The van der Waals surface area contributed by atoms with Crippen molar-refractivity contribution in [3.05, 3.63) is 71.4 Å². The standard InChI is InChI=1S/C28H31F3N6O5/c1-7-40-21-12-19(15-34-25(21)41-16-18-8-10-20(39-6)11-9-18)24(32-5)33-14-17(2)35-26(38)36-23-13-22(42-37-23)27(3,4)28(29,30)31/h8-15H,5,7,16H2,1-4,6H3,(H2,35,36,37,38)/b17-14+,33-24-. The summed E-state index contributed by atoms with van der Waals surface area (Å²) in [4.78, 5) is 24.8. The lowest BCUT2D eigenvalue weighted by Gasteiger charge is -2.24. The molecule has 0 aliphatic heterocycles. The number of pyridine rings is 1. The first-order valence-corrected chi connectivity index (χ1v) is 12.6. The molecule has 224 valence electrons. The van der Waals surface area contributed by atoms with Gasteiger partial charge in [0.25, 0.3) is 5.88 Å². The first kappa shape index (κ1) is 31.6. The Morgan fingerprint density at radius 3 is 2.50 bits per heavy atom. The maximum atomic E-state index is 13.2. The fraction of sp³-hybridized carbons (Fsp3) is 0.321. The Morgan fingerprint density at radius 1 is 1.17 bits per heavy atom. The smallest absolute Gasteiger partial charge is 0.401 e. The maximum absolute atomic E-state index is 13.2. The normalized spacial score (nSPS) is 12.5. The Bertz CT molecular complexity index is 1450. The predicted octanol–water partition coefficient (Wildman–Crippen LogP) is 6.03. The van der Waals surface area contributed by atoms with Gasteiger partial charge in [0.05, 0.1) is 13.7 Å². The van der Waals surface area contributed by atoms with Gasteiger partial charge in [0.2, 0.25) is 0 Å². The molecule has 2 amide bonds. The van der Waals surface area contributed by atoms with Crippen LogP contribution >= 0.6 is 0 Å². The van der Waals surface area contributed by atoms with Crippen LogP contribution in [0.5, 0.6) is 17.4 Å². The number of alkyl halides is 3. The monoisotopic (exact) mass is 588 g/mol. The van der Waals surface area contributed by atoms with E-state index in [1.54, 1.807) is 20.1 Å². The number of nitrogens with one attached hydrogen (secondary N) is 2. The lowest BCUT2D eigenvalue weighted by Crippen LogP contribution is -2.36. The highest BCUT2D eigenvalue weighted by molar-refractivity contribution is 6.02. The molecule has 0 spiro atoms. The van der Waals surface area contributed by atoms with Crippen LogP contribution in [-0.2, 0) is 12.0 Å². The number of anilines is 1. The van der Waals surface area contributed by atoms with Crippen LogP contribution < -0.4 is 24.8 Å². The van der Waals surface area contributed by atoms with Crippen molar-refractivity contribution >= 4 is 24.4 Å². The molecule has 0 fully saturated rings. The topological polar surface area (TPSA) is 132 Å². The van der Waals surface area contributed by atoms with Crippen LogP contribution in [0.4, 0.5) is 23.8 Å². The molecule has 2 aromatic heterocycles. The highest BCUT2D eigenvalue weighted by atomic mass is 19.4. The minimum absolute atomic E-state index is 0.183. The predicted molar refractivity (Wildman–Crippen MR) is 150 cm³/mol. The molecule has 0 saturated carbocycles. The fourth-order valence-corrected chi connectivity index (χ4v) is 3.29. The van der Waals surface area contributed by atoms with E-state index in [-0.39, 0.29) is 29.8 Å². The number of carbonyl (C=O) groups is 1. The van der Waals surface area contributed by atoms with Gasteiger partial charge in [0.1, 0.15) is 17.8 Å². The van der Waals surface area contributed by atoms with E-state index in [1.165, 1.54) is 12.4 Å². The molecule has 2 N–H and O–H groups in total. The van der Waals surface area contributed by atoms with Crippen LogP contribution in [0.25, 0.3) is 0 Å². The van der Waals surface area contributed by atoms with Gasteiger partial charge in [-0.1, -0.05) is 17.3 Å². The zero-order valence-electron chi connectivity index (χ0n) is 23.7. The lowest BCUT2D eigenvalue weighted by molar-refractivity contribution is -0.185. The van der Waals surface area contributed by atoms with Gasteiger partial charge in [0.15, 0.2) is 23.2 Å². The molecular weight excluding hydrogens is 557 g/mol. The molecule has 0 aliphatic carbocycles. The third kappa shape index (κ3) is 8.08. The van der Waals surface area contributed by atoms with E-state index < -0.39 is 23.4 Å². The molecular formula is C28H31F3N6O5. The van der Waals surface area contributed by atoms with Crippen LogP contribution in [-0.4, -0.2) is 48.6 Å². The number of amides is 2. The SMILES string of the molecule is C=N/C(=N\C=C(/C)NC(=O)Nc1cc(C(C)(C)C(F)(F)F)on1)c1cnc(OCc2ccc(OC)cc2)c(OCC)c1. The first-order valence-electron chi connectivity index (χ1n) is 12.6. The summed E-state index contributed by atoms with van der Waals surface area (Å²) in [5.74, 6) is 0.938. The van der Waals surface area contributed by atoms with E-state index in [9.17, 15) is 18.0 Å². The summed E-state index contributed by atoms with van der Waals surface area (Å²) in [6.07, 6.45) is -1.75. The molecule has 11 nitrogen and oxygen atoms in total. The van der Waals surface area contributed by atoms with Crippen LogP contribution in [0.1, 0.15) is 44.6 Å². The zero-order valence-corrected chi connectivity index (χ0v) is 23.7. The Labute approximate surface area is 240 Å². The number of allylic oxidation sites excluding steroid dienone is 1. The highest BCUT2D eigenvalue weighted by Crippen LogP contribution is 2.41. The number of hydrogen-bond donors (Lipinski definition) is 2. The van der Waals surface area contributed by atoms with Crippen LogP contribution in [0.3, 0.4) is 0 Å². The molecule has 0 bridgehead atoms. The molecule has 3 aromatic rings. The van der Waals surface area contributed by atoms with Gasteiger partial charge in [-0.15, -0.1) is 0 Å².